The van der Waals surface area contributed by atoms with Gasteiger partial charge >= 0.3 is 0 Å². The molecule has 0 N–H and O–H groups in total. The van der Waals surface area contributed by atoms with Crippen LogP contribution in [0, 0.1) is 11.7 Å². The van der Waals surface area contributed by atoms with E-state index in [-0.39, 0.29) is 10.6 Å². The van der Waals surface area contributed by atoms with Crippen LogP contribution in [0.1, 0.15) is 23.7 Å². The van der Waals surface area contributed by atoms with E-state index in [1.807, 2.05) is 6.92 Å². The molecule has 1 aromatic rings. The molecule has 0 aliphatic carbocycles. The van der Waals surface area contributed by atoms with Crippen molar-refractivity contribution in [2.24, 2.45) is 5.92 Å². The lowest BCUT2D eigenvalue weighted by Gasteiger charge is -2.17. The number of halogens is 3. The van der Waals surface area contributed by atoms with E-state index in [9.17, 15) is 17.6 Å². The van der Waals surface area contributed by atoms with Crippen molar-refractivity contribution in [1.82, 2.24) is 4.90 Å². The molecule has 1 fully saturated rings. The van der Waals surface area contributed by atoms with E-state index in [1.165, 1.54) is 4.90 Å². The molecule has 1 saturated heterocycles. The van der Waals surface area contributed by atoms with E-state index in [1.54, 1.807) is 0 Å². The predicted molar refractivity (Wildman–Crippen MR) is 74.1 cm³/mol. The van der Waals surface area contributed by atoms with Gasteiger partial charge < -0.3 is 4.90 Å². The summed E-state index contributed by atoms with van der Waals surface area (Å²) in [5, 5.41) is -0.0544. The van der Waals surface area contributed by atoms with Gasteiger partial charge in [0.25, 0.3) is 15.0 Å². The second kappa shape index (κ2) is 5.50. The van der Waals surface area contributed by atoms with Crippen molar-refractivity contribution in [1.29, 1.82) is 0 Å². The fraction of sp³-hybridized carbons (Fsp3) is 0.417. The summed E-state index contributed by atoms with van der Waals surface area (Å²) in [7, 11) is 0.840. The highest BCUT2D eigenvalue weighted by Gasteiger charge is 2.29. The van der Waals surface area contributed by atoms with Crippen molar-refractivity contribution in [2.75, 3.05) is 13.1 Å². The third-order valence-corrected chi connectivity index (χ3v) is 4.75. The number of hydrogen-bond donors (Lipinski definition) is 0. The number of carbonyl (C=O) groups is 1. The molecule has 0 radical (unpaired) electrons. The minimum atomic E-state index is -4.30. The standard InChI is InChI=1S/C12H12Cl2FNO3S/c1-7-2-3-16(6-7)12(17)9-4-8(13)5-10(11(9)15)20(14,18)19/h4-5,7H,2-3,6H2,1H3. The second-order valence-corrected chi connectivity index (χ2v) is 7.82. The molecule has 1 atom stereocenters. The molecule has 8 heteroatoms. The Morgan fingerprint density at radius 2 is 2.10 bits per heavy atom. The highest BCUT2D eigenvalue weighted by Crippen LogP contribution is 2.28. The molecule has 1 aliphatic rings. The molecule has 110 valence electrons. The van der Waals surface area contributed by atoms with Crippen molar-refractivity contribution in [3.8, 4) is 0 Å². The minimum Gasteiger partial charge on any atom is -0.338 e. The maximum atomic E-state index is 14.2. The summed E-state index contributed by atoms with van der Waals surface area (Å²) in [6, 6.07) is 2.01. The molecule has 1 aromatic carbocycles. The van der Waals surface area contributed by atoms with E-state index in [4.69, 9.17) is 22.3 Å². The van der Waals surface area contributed by atoms with Crippen molar-refractivity contribution in [3.05, 3.63) is 28.5 Å². The Kier molecular flexibility index (Phi) is 4.27. The van der Waals surface area contributed by atoms with Crippen LogP contribution in [-0.2, 0) is 9.05 Å². The van der Waals surface area contributed by atoms with E-state index in [0.29, 0.717) is 19.0 Å². The monoisotopic (exact) mass is 339 g/mol. The topological polar surface area (TPSA) is 54.5 Å². The number of carbonyl (C=O) groups excluding carboxylic acids is 1. The Morgan fingerprint density at radius 3 is 2.60 bits per heavy atom. The van der Waals surface area contributed by atoms with Crippen LogP contribution in [0.25, 0.3) is 0 Å². The van der Waals surface area contributed by atoms with Gasteiger partial charge in [0, 0.05) is 28.8 Å². The fourth-order valence-electron chi connectivity index (χ4n) is 2.19. The normalized spacial score (nSPS) is 19.4. The summed E-state index contributed by atoms with van der Waals surface area (Å²) >= 11 is 5.75. The second-order valence-electron chi connectivity index (χ2n) is 4.85. The molecular formula is C12H12Cl2FNO3S. The maximum absolute atomic E-state index is 14.2. The lowest BCUT2D eigenvalue weighted by atomic mass is 10.1. The fourth-order valence-corrected chi connectivity index (χ4v) is 3.40. The predicted octanol–water partition coefficient (Wildman–Crippen LogP) is 2.89. The van der Waals surface area contributed by atoms with E-state index in [2.05, 4.69) is 0 Å². The highest BCUT2D eigenvalue weighted by atomic mass is 35.7. The van der Waals surface area contributed by atoms with E-state index in [0.717, 1.165) is 18.6 Å². The lowest BCUT2D eigenvalue weighted by Crippen LogP contribution is -2.29. The summed E-state index contributed by atoms with van der Waals surface area (Å²) in [5.74, 6) is -1.40. The Morgan fingerprint density at radius 1 is 1.45 bits per heavy atom. The van der Waals surface area contributed by atoms with Gasteiger partial charge in [-0.3, -0.25) is 4.79 Å². The van der Waals surface area contributed by atoms with Crippen molar-refractivity contribution in [2.45, 2.75) is 18.2 Å². The van der Waals surface area contributed by atoms with Crippen LogP contribution in [0.15, 0.2) is 17.0 Å². The first-order valence-corrected chi connectivity index (χ1v) is 8.62. The van der Waals surface area contributed by atoms with Crippen molar-refractivity contribution in [3.63, 3.8) is 0 Å². The maximum Gasteiger partial charge on any atom is 0.264 e. The van der Waals surface area contributed by atoms with Gasteiger partial charge in [0.1, 0.15) is 4.90 Å². The van der Waals surface area contributed by atoms with Gasteiger partial charge in [-0.2, -0.15) is 0 Å². The molecule has 0 saturated carbocycles. The minimum absolute atomic E-state index is 0.0544. The van der Waals surface area contributed by atoms with Crippen LogP contribution in [0.4, 0.5) is 4.39 Å². The smallest absolute Gasteiger partial charge is 0.264 e. The average Bonchev–Trinajstić information content (AvgIpc) is 2.76. The molecule has 1 heterocycles. The van der Waals surface area contributed by atoms with Crippen LogP contribution < -0.4 is 0 Å². The summed E-state index contributed by atoms with van der Waals surface area (Å²) in [4.78, 5) is 12.9. The largest absolute Gasteiger partial charge is 0.338 e. The summed E-state index contributed by atoms with van der Waals surface area (Å²) in [6.07, 6.45) is 0.828. The molecule has 4 nitrogen and oxygen atoms in total. The first kappa shape index (κ1) is 15.5. The van der Waals surface area contributed by atoms with Gasteiger partial charge in [-0.15, -0.1) is 0 Å². The van der Waals surface area contributed by atoms with Gasteiger partial charge in [-0.05, 0) is 24.5 Å². The summed E-state index contributed by atoms with van der Waals surface area (Å²) in [5.41, 5.74) is -0.370. The van der Waals surface area contributed by atoms with E-state index < -0.39 is 25.7 Å². The van der Waals surface area contributed by atoms with Crippen molar-refractivity contribution >= 4 is 37.2 Å². The molecule has 1 aliphatic heterocycles. The van der Waals surface area contributed by atoms with Crippen LogP contribution in [0.3, 0.4) is 0 Å². The highest BCUT2D eigenvalue weighted by molar-refractivity contribution is 8.13. The van der Waals surface area contributed by atoms with Crippen molar-refractivity contribution < 1.29 is 17.6 Å². The van der Waals surface area contributed by atoms with Gasteiger partial charge in [0.2, 0.25) is 0 Å². The molecule has 1 amide bonds. The Bertz CT molecular complexity index is 663. The number of nitrogens with zero attached hydrogens (tertiary/aromatic N) is 1. The Hall–Kier alpha value is -0.850. The first-order chi connectivity index (χ1) is 9.20. The number of likely N-dealkylation sites (tertiary alicyclic amines) is 1. The molecule has 1 unspecified atom stereocenters. The average molecular weight is 340 g/mol. The molecular weight excluding hydrogens is 328 g/mol. The van der Waals surface area contributed by atoms with Gasteiger partial charge in [0.05, 0.1) is 5.56 Å². The zero-order chi connectivity index (χ0) is 15.1. The van der Waals surface area contributed by atoms with Crippen LogP contribution in [0.5, 0.6) is 0 Å². The third kappa shape index (κ3) is 3.07. The number of hydrogen-bond acceptors (Lipinski definition) is 3. The van der Waals surface area contributed by atoms with Gasteiger partial charge in [-0.1, -0.05) is 18.5 Å². The van der Waals surface area contributed by atoms with Crippen LogP contribution >= 0.6 is 22.3 Å². The molecule has 2 rings (SSSR count). The SMILES string of the molecule is CC1CCN(C(=O)c2cc(Cl)cc(S(=O)(=O)Cl)c2F)C1. The zero-order valence-electron chi connectivity index (χ0n) is 10.6. The molecule has 0 aromatic heterocycles. The quantitative estimate of drug-likeness (QED) is 0.778. The Labute approximate surface area is 125 Å². The summed E-state index contributed by atoms with van der Waals surface area (Å²) in [6.45, 7) is 3.00. The third-order valence-electron chi connectivity index (χ3n) is 3.21. The Balaban J connectivity index is 2.47. The van der Waals surface area contributed by atoms with Gasteiger partial charge in [-0.25, -0.2) is 12.8 Å². The lowest BCUT2D eigenvalue weighted by molar-refractivity contribution is 0.0783. The number of benzene rings is 1. The number of amides is 1. The first-order valence-electron chi connectivity index (χ1n) is 5.93. The zero-order valence-corrected chi connectivity index (χ0v) is 12.9. The molecule has 0 spiro atoms. The van der Waals surface area contributed by atoms with Crippen LogP contribution in [0.2, 0.25) is 5.02 Å². The number of rotatable bonds is 2. The van der Waals surface area contributed by atoms with Crippen LogP contribution in [-0.4, -0.2) is 32.3 Å². The van der Waals surface area contributed by atoms with E-state index >= 15 is 0 Å². The summed E-state index contributed by atoms with van der Waals surface area (Å²) < 4.78 is 36.8. The molecule has 20 heavy (non-hydrogen) atoms. The van der Waals surface area contributed by atoms with Gasteiger partial charge in [0.15, 0.2) is 5.82 Å². The molecule has 0 bridgehead atoms.